The molecule has 192 valence electrons. The number of fused-ring (bicyclic) bond motifs is 4. The Morgan fingerprint density at radius 2 is 1.72 bits per heavy atom. The highest BCUT2D eigenvalue weighted by Gasteiger charge is 2.45. The fourth-order valence-electron chi connectivity index (χ4n) is 4.33. The van der Waals surface area contributed by atoms with Crippen molar-refractivity contribution in [2.24, 2.45) is 0 Å². The molecule has 1 aliphatic heterocycles. The molecule has 0 unspecified atom stereocenters. The van der Waals surface area contributed by atoms with Gasteiger partial charge >= 0.3 is 7.60 Å². The van der Waals surface area contributed by atoms with E-state index in [4.69, 9.17) is 25.7 Å². The van der Waals surface area contributed by atoms with Gasteiger partial charge in [0.25, 0.3) is 0 Å². The zero-order valence-corrected chi connectivity index (χ0v) is 20.2. The maximum absolute atomic E-state index is 12.1. The normalized spacial score (nSPS) is 24.6. The summed E-state index contributed by atoms with van der Waals surface area (Å²) in [5.41, 5.74) is 4.42. The number of hydrogen-bond donors (Lipinski definition) is 6. The minimum atomic E-state index is -4.34. The molecular formula is C25H28NO9P. The summed E-state index contributed by atoms with van der Waals surface area (Å²) in [5, 5.41) is 33.5. The van der Waals surface area contributed by atoms with Gasteiger partial charge in [0.05, 0.1) is 12.3 Å². The number of ether oxygens (including phenoxy) is 2. The van der Waals surface area contributed by atoms with Crippen LogP contribution in [0.15, 0.2) is 36.4 Å². The van der Waals surface area contributed by atoms with Crippen molar-refractivity contribution in [3.05, 3.63) is 36.4 Å². The van der Waals surface area contributed by atoms with Crippen LogP contribution >= 0.6 is 7.60 Å². The molecule has 1 fully saturated rings. The number of amides is 1. The van der Waals surface area contributed by atoms with E-state index in [9.17, 15) is 24.7 Å². The summed E-state index contributed by atoms with van der Waals surface area (Å²) in [4.78, 5) is 30.3. The average Bonchev–Trinajstić information content (AvgIpc) is 2.82. The van der Waals surface area contributed by atoms with E-state index >= 15 is 0 Å². The summed E-state index contributed by atoms with van der Waals surface area (Å²) < 4.78 is 22.5. The number of terminal acetylenes is 1. The molecule has 0 saturated carbocycles. The van der Waals surface area contributed by atoms with Gasteiger partial charge in [-0.2, -0.15) is 0 Å². The molecule has 1 saturated heterocycles. The second-order valence-corrected chi connectivity index (χ2v) is 10.7. The Hall–Kier alpha value is -2.74. The lowest BCUT2D eigenvalue weighted by Crippen LogP contribution is -2.59. The number of anilines is 1. The number of nitrogens with one attached hydrogen (secondary N) is 1. The highest BCUT2D eigenvalue weighted by atomic mass is 31.2. The maximum atomic E-state index is 12.1. The zero-order chi connectivity index (χ0) is 26.0. The molecule has 2 aromatic rings. The molecule has 10 nitrogen and oxygen atoms in total. The van der Waals surface area contributed by atoms with Crippen LogP contribution in [0.25, 0.3) is 22.3 Å². The predicted octanol–water partition coefficient (Wildman–Crippen LogP) is 1.83. The smallest absolute Gasteiger partial charge is 0.325 e. The summed E-state index contributed by atoms with van der Waals surface area (Å²) in [6.45, 7) is 0. The Bertz CT molecular complexity index is 1220. The SMILES string of the molecule is C#CCCCC(=O)Nc1ccc2c(c1)-c1ccc(O[C@H]3O[C@H](CCP(=O)(O)O)[C@@H](O)[C@H](O)[C@@H]3O)cc1-2. The van der Waals surface area contributed by atoms with Gasteiger partial charge in [-0.3, -0.25) is 9.36 Å². The Kier molecular flexibility index (Phi) is 7.83. The molecule has 0 bridgehead atoms. The van der Waals surface area contributed by atoms with Crippen molar-refractivity contribution in [1.82, 2.24) is 0 Å². The van der Waals surface area contributed by atoms with E-state index in [-0.39, 0.29) is 12.3 Å². The number of carbonyl (C=O) groups is 1. The molecular weight excluding hydrogens is 489 g/mol. The van der Waals surface area contributed by atoms with E-state index < -0.39 is 44.5 Å². The van der Waals surface area contributed by atoms with Crippen LogP contribution in [-0.4, -0.2) is 67.9 Å². The summed E-state index contributed by atoms with van der Waals surface area (Å²) in [6.07, 6.45) is -1.24. The molecule has 2 aliphatic rings. The third-order valence-corrected chi connectivity index (χ3v) is 7.07. The van der Waals surface area contributed by atoms with E-state index in [1.807, 2.05) is 18.2 Å². The van der Waals surface area contributed by atoms with Crippen LogP contribution < -0.4 is 10.1 Å². The van der Waals surface area contributed by atoms with E-state index in [1.165, 1.54) is 0 Å². The van der Waals surface area contributed by atoms with Gasteiger partial charge in [0.15, 0.2) is 0 Å². The van der Waals surface area contributed by atoms with Gasteiger partial charge in [0, 0.05) is 18.5 Å². The molecule has 4 rings (SSSR count). The van der Waals surface area contributed by atoms with Crippen LogP contribution in [0.4, 0.5) is 5.69 Å². The van der Waals surface area contributed by atoms with Crippen molar-refractivity contribution in [1.29, 1.82) is 0 Å². The van der Waals surface area contributed by atoms with E-state index in [0.29, 0.717) is 30.7 Å². The molecule has 36 heavy (non-hydrogen) atoms. The van der Waals surface area contributed by atoms with Crippen LogP contribution in [0.1, 0.15) is 25.7 Å². The fourth-order valence-corrected chi connectivity index (χ4v) is 4.92. The van der Waals surface area contributed by atoms with Crippen LogP contribution in [0, 0.1) is 12.3 Å². The third kappa shape index (κ3) is 5.80. The molecule has 0 radical (unpaired) electrons. The van der Waals surface area contributed by atoms with Crippen LogP contribution in [-0.2, 0) is 14.1 Å². The second-order valence-electron chi connectivity index (χ2n) is 8.88. The van der Waals surface area contributed by atoms with E-state index in [2.05, 4.69) is 11.2 Å². The summed E-state index contributed by atoms with van der Waals surface area (Å²) in [7, 11) is -4.34. The molecule has 1 aliphatic carbocycles. The summed E-state index contributed by atoms with van der Waals surface area (Å²) >= 11 is 0. The molecule has 1 amide bonds. The number of unbranched alkanes of at least 4 members (excludes halogenated alkanes) is 1. The molecule has 2 aromatic carbocycles. The number of carbonyl (C=O) groups excluding carboxylic acids is 1. The van der Waals surface area contributed by atoms with Gasteiger partial charge in [-0.25, -0.2) is 0 Å². The quantitative estimate of drug-likeness (QED) is 0.141. The van der Waals surface area contributed by atoms with Crippen LogP contribution in [0.5, 0.6) is 5.75 Å². The molecule has 6 N–H and O–H groups in total. The van der Waals surface area contributed by atoms with Crippen molar-refractivity contribution < 1.29 is 43.9 Å². The monoisotopic (exact) mass is 517 g/mol. The lowest BCUT2D eigenvalue weighted by molar-refractivity contribution is -0.272. The summed E-state index contributed by atoms with van der Waals surface area (Å²) in [6, 6.07) is 10.8. The van der Waals surface area contributed by atoms with Crippen LogP contribution in [0.2, 0.25) is 0 Å². The highest BCUT2D eigenvalue weighted by Crippen LogP contribution is 2.49. The van der Waals surface area contributed by atoms with Gasteiger partial charge in [0.2, 0.25) is 12.2 Å². The van der Waals surface area contributed by atoms with Gasteiger partial charge in [-0.15, -0.1) is 12.3 Å². The van der Waals surface area contributed by atoms with Crippen molar-refractivity contribution in [3.63, 3.8) is 0 Å². The topological polar surface area (TPSA) is 166 Å². The Morgan fingerprint density at radius 3 is 2.42 bits per heavy atom. The van der Waals surface area contributed by atoms with Crippen molar-refractivity contribution in [2.45, 2.75) is 56.4 Å². The first-order valence-electron chi connectivity index (χ1n) is 11.5. The maximum Gasteiger partial charge on any atom is 0.325 e. The molecule has 1 heterocycles. The van der Waals surface area contributed by atoms with Gasteiger partial charge in [-0.05, 0) is 59.4 Å². The Balaban J connectivity index is 1.42. The average molecular weight is 517 g/mol. The molecule has 11 heteroatoms. The molecule has 5 atom stereocenters. The highest BCUT2D eigenvalue weighted by molar-refractivity contribution is 7.51. The second kappa shape index (κ2) is 10.7. The first-order chi connectivity index (χ1) is 17.1. The minimum absolute atomic E-state index is 0.106. The lowest BCUT2D eigenvalue weighted by atomic mass is 9.80. The Labute approximate surface area is 208 Å². The largest absolute Gasteiger partial charge is 0.462 e. The van der Waals surface area contributed by atoms with Gasteiger partial charge in [0.1, 0.15) is 24.1 Å². The van der Waals surface area contributed by atoms with Crippen LogP contribution in [0.3, 0.4) is 0 Å². The molecule has 0 spiro atoms. The van der Waals surface area contributed by atoms with Gasteiger partial charge in [-0.1, -0.05) is 12.1 Å². The number of hydrogen-bond acceptors (Lipinski definition) is 7. The first-order valence-corrected chi connectivity index (χ1v) is 13.3. The predicted molar refractivity (Wildman–Crippen MR) is 131 cm³/mol. The van der Waals surface area contributed by atoms with Crippen molar-refractivity contribution >= 4 is 19.2 Å². The minimum Gasteiger partial charge on any atom is -0.462 e. The number of rotatable bonds is 9. The Morgan fingerprint density at radius 1 is 1.03 bits per heavy atom. The number of aliphatic hydroxyl groups excluding tert-OH is 3. The zero-order valence-electron chi connectivity index (χ0n) is 19.3. The summed E-state index contributed by atoms with van der Waals surface area (Å²) in [5.74, 6) is 2.74. The fraction of sp³-hybridized carbons (Fsp3) is 0.400. The van der Waals surface area contributed by atoms with Crippen molar-refractivity contribution in [3.8, 4) is 40.3 Å². The number of aliphatic hydroxyl groups is 3. The van der Waals surface area contributed by atoms with Gasteiger partial charge < -0.3 is 39.9 Å². The molecule has 0 aromatic heterocycles. The standard InChI is InChI=1S/C25H28NO9P/c1-2-3-4-5-21(27)26-14-6-8-16-18(12-14)17-9-7-15(13-19(16)17)34-25-24(30)23(29)22(28)20(35-25)10-11-36(31,32)33/h1,6-9,12-13,20,22-25,28-30H,3-5,10-11H2,(H,26,27)(H2,31,32,33)/t20-,22-,23+,24+,25+/m1/s1. The number of benzene rings is 2. The van der Waals surface area contributed by atoms with Crippen molar-refractivity contribution in [2.75, 3.05) is 11.5 Å². The third-order valence-electron chi connectivity index (χ3n) is 6.23. The first kappa shape index (κ1) is 26.3. The van der Waals surface area contributed by atoms with E-state index in [0.717, 1.165) is 22.3 Å². The lowest BCUT2D eigenvalue weighted by Gasteiger charge is -2.40. The van der Waals surface area contributed by atoms with E-state index in [1.54, 1.807) is 18.2 Å².